The van der Waals surface area contributed by atoms with Crippen LogP contribution in [0.2, 0.25) is 0 Å². The second-order valence-electron chi connectivity index (χ2n) is 8.64. The number of aliphatic hydroxyl groups excluding tert-OH is 1. The first-order chi connectivity index (χ1) is 18.3. The molecule has 1 aromatic rings. The molecule has 39 heavy (non-hydrogen) atoms. The highest BCUT2D eigenvalue weighted by molar-refractivity contribution is 5.94. The Morgan fingerprint density at radius 1 is 0.846 bits per heavy atom. The molecule has 1 aromatic carbocycles. The van der Waals surface area contributed by atoms with Crippen LogP contribution in [0.25, 0.3) is 0 Å². The van der Waals surface area contributed by atoms with Crippen molar-refractivity contribution < 1.29 is 39.3 Å². The van der Waals surface area contributed by atoms with Gasteiger partial charge in [0.25, 0.3) is 0 Å². The predicted molar refractivity (Wildman–Crippen MR) is 139 cm³/mol. The van der Waals surface area contributed by atoms with E-state index in [4.69, 9.17) is 22.9 Å². The van der Waals surface area contributed by atoms with Crippen molar-refractivity contribution in [1.29, 1.82) is 0 Å². The van der Waals surface area contributed by atoms with Crippen LogP contribution in [-0.4, -0.2) is 88.2 Å². The fourth-order valence-electron chi connectivity index (χ4n) is 3.29. The number of carbonyl (C=O) groups excluding carboxylic acids is 4. The zero-order valence-corrected chi connectivity index (χ0v) is 21.2. The molecule has 14 N–H and O–H groups in total. The van der Waals surface area contributed by atoms with E-state index in [-0.39, 0.29) is 43.9 Å². The Morgan fingerprint density at radius 2 is 1.41 bits per heavy atom. The molecule has 4 atom stereocenters. The molecule has 4 unspecified atom stereocenters. The molecule has 0 heterocycles. The van der Waals surface area contributed by atoms with Crippen molar-refractivity contribution in [2.24, 2.45) is 27.9 Å². The molecule has 4 amide bonds. The smallest absolute Gasteiger partial charge is 0.326 e. The van der Waals surface area contributed by atoms with E-state index in [1.54, 1.807) is 0 Å². The van der Waals surface area contributed by atoms with Gasteiger partial charge in [0.05, 0.1) is 12.6 Å². The largest absolute Gasteiger partial charge is 0.508 e. The standard InChI is InChI=1S/C23H36N8O8/c24-14(2-1-9-28-23(26)27)19(35)31-17(11-32)21(37)29-15(7-8-18(25)34)20(36)30-16(22(38)39)10-12-3-5-13(33)6-4-12/h3-6,14-17,32-33H,1-2,7-11,24H2,(H2,25,34)(H,29,37)(H,30,36)(H,31,35)(H,38,39)(H4,26,27,28). The summed E-state index contributed by atoms with van der Waals surface area (Å²) < 4.78 is 0. The second-order valence-corrected chi connectivity index (χ2v) is 8.64. The number of rotatable bonds is 17. The van der Waals surface area contributed by atoms with E-state index in [9.17, 15) is 39.3 Å². The van der Waals surface area contributed by atoms with Crippen molar-refractivity contribution in [2.75, 3.05) is 13.2 Å². The normalized spacial score (nSPS) is 13.7. The molecule has 0 fully saturated rings. The summed E-state index contributed by atoms with van der Waals surface area (Å²) in [7, 11) is 0. The number of aliphatic hydroxyl groups is 1. The molecule has 1 rings (SSSR count). The molecule has 0 aliphatic carbocycles. The van der Waals surface area contributed by atoms with Crippen LogP contribution in [0.5, 0.6) is 5.75 Å². The third-order valence-electron chi connectivity index (χ3n) is 5.42. The number of aliphatic imine (C=N–C) groups is 1. The highest BCUT2D eigenvalue weighted by Crippen LogP contribution is 2.12. The van der Waals surface area contributed by atoms with Crippen LogP contribution in [0.1, 0.15) is 31.2 Å². The number of hydrogen-bond donors (Lipinski definition) is 10. The molecule has 216 valence electrons. The summed E-state index contributed by atoms with van der Waals surface area (Å²) in [6, 6.07) is 0.263. The Labute approximate surface area is 224 Å². The van der Waals surface area contributed by atoms with Gasteiger partial charge in [-0.1, -0.05) is 12.1 Å². The Morgan fingerprint density at radius 3 is 1.95 bits per heavy atom. The fourth-order valence-corrected chi connectivity index (χ4v) is 3.29. The van der Waals surface area contributed by atoms with Crippen LogP contribution in [0.4, 0.5) is 0 Å². The molecule has 0 bridgehead atoms. The Balaban J connectivity index is 2.88. The van der Waals surface area contributed by atoms with Crippen LogP contribution in [0.3, 0.4) is 0 Å². The van der Waals surface area contributed by atoms with E-state index >= 15 is 0 Å². The number of carboxylic acid groups (broad SMARTS) is 1. The lowest BCUT2D eigenvalue weighted by molar-refractivity contribution is -0.142. The van der Waals surface area contributed by atoms with Gasteiger partial charge in [-0.15, -0.1) is 0 Å². The number of benzene rings is 1. The van der Waals surface area contributed by atoms with Gasteiger partial charge < -0.3 is 54.2 Å². The topological polar surface area (TPSA) is 299 Å². The maximum absolute atomic E-state index is 12.9. The lowest BCUT2D eigenvalue weighted by Crippen LogP contribution is -2.58. The minimum Gasteiger partial charge on any atom is -0.508 e. The van der Waals surface area contributed by atoms with Crippen molar-refractivity contribution in [3.05, 3.63) is 29.8 Å². The number of aromatic hydroxyl groups is 1. The highest BCUT2D eigenvalue weighted by atomic mass is 16.4. The third-order valence-corrected chi connectivity index (χ3v) is 5.42. The van der Waals surface area contributed by atoms with Gasteiger partial charge in [0.1, 0.15) is 23.9 Å². The maximum atomic E-state index is 12.9. The molecular weight excluding hydrogens is 516 g/mol. The van der Waals surface area contributed by atoms with Crippen LogP contribution in [0.15, 0.2) is 29.3 Å². The van der Waals surface area contributed by atoms with E-state index in [0.717, 1.165) is 0 Å². The Bertz CT molecular complexity index is 1030. The second kappa shape index (κ2) is 16.4. The van der Waals surface area contributed by atoms with Crippen molar-refractivity contribution in [3.8, 4) is 5.75 Å². The molecule has 0 radical (unpaired) electrons. The first kappa shape index (κ1) is 32.6. The minimum atomic E-state index is -1.50. The number of nitrogens with one attached hydrogen (secondary N) is 3. The monoisotopic (exact) mass is 552 g/mol. The summed E-state index contributed by atoms with van der Waals surface area (Å²) in [5.41, 5.74) is 21.9. The summed E-state index contributed by atoms with van der Waals surface area (Å²) in [5.74, 6) is -4.96. The van der Waals surface area contributed by atoms with Gasteiger partial charge in [-0.05, 0) is 37.0 Å². The summed E-state index contributed by atoms with van der Waals surface area (Å²) >= 11 is 0. The number of hydrogen-bond acceptors (Lipinski definition) is 9. The molecule has 16 heteroatoms. The number of phenolic OH excluding ortho intramolecular Hbond substituents is 1. The number of nitrogens with two attached hydrogens (primary N) is 4. The van der Waals surface area contributed by atoms with Crippen LogP contribution in [-0.2, 0) is 30.4 Å². The molecule has 0 spiro atoms. The van der Waals surface area contributed by atoms with Gasteiger partial charge in [-0.25, -0.2) is 4.79 Å². The van der Waals surface area contributed by atoms with Crippen LogP contribution < -0.4 is 38.9 Å². The Hall–Kier alpha value is -4.44. The number of primary amides is 1. The van der Waals surface area contributed by atoms with Gasteiger partial charge >= 0.3 is 5.97 Å². The number of aliphatic carboxylic acids is 1. The van der Waals surface area contributed by atoms with Crippen LogP contribution >= 0.6 is 0 Å². The van der Waals surface area contributed by atoms with Gasteiger partial charge in [-0.2, -0.15) is 0 Å². The number of nitrogens with zero attached hydrogens (tertiary/aromatic N) is 1. The molecule has 0 saturated carbocycles. The predicted octanol–water partition coefficient (Wildman–Crippen LogP) is -3.89. The summed E-state index contributed by atoms with van der Waals surface area (Å²) in [6.07, 6.45) is -0.218. The summed E-state index contributed by atoms with van der Waals surface area (Å²) in [5, 5.41) is 35.5. The van der Waals surface area contributed by atoms with Crippen LogP contribution in [0, 0.1) is 0 Å². The van der Waals surface area contributed by atoms with Crippen molar-refractivity contribution in [2.45, 2.75) is 56.3 Å². The number of carboxylic acids is 1. The lowest BCUT2D eigenvalue weighted by Gasteiger charge is -2.24. The number of carbonyl (C=O) groups is 5. The quantitative estimate of drug-likeness (QED) is 0.0506. The van der Waals surface area contributed by atoms with Crippen molar-refractivity contribution in [1.82, 2.24) is 16.0 Å². The average Bonchev–Trinajstić information content (AvgIpc) is 2.87. The van der Waals surface area contributed by atoms with E-state index in [0.29, 0.717) is 12.0 Å². The van der Waals surface area contributed by atoms with E-state index in [1.807, 2.05) is 0 Å². The van der Waals surface area contributed by atoms with Gasteiger partial charge in [-0.3, -0.25) is 24.2 Å². The minimum absolute atomic E-state index is 0.0266. The molecule has 0 saturated heterocycles. The van der Waals surface area contributed by atoms with Gasteiger partial charge in [0.2, 0.25) is 23.6 Å². The SMILES string of the molecule is NC(=O)CCC(NC(=O)C(CO)NC(=O)C(N)CCCN=C(N)N)C(=O)NC(Cc1ccc(O)cc1)C(=O)O. The number of phenols is 1. The highest BCUT2D eigenvalue weighted by Gasteiger charge is 2.30. The van der Waals surface area contributed by atoms with Gasteiger partial charge in [0, 0.05) is 19.4 Å². The van der Waals surface area contributed by atoms with Crippen molar-refractivity contribution in [3.63, 3.8) is 0 Å². The van der Waals surface area contributed by atoms with Crippen molar-refractivity contribution >= 4 is 35.6 Å². The fraction of sp³-hybridized carbons (Fsp3) is 0.478. The summed E-state index contributed by atoms with van der Waals surface area (Å²) in [6.45, 7) is -0.616. The Kier molecular flexibility index (Phi) is 13.7. The molecule has 0 aromatic heterocycles. The molecule has 0 aliphatic rings. The van der Waals surface area contributed by atoms with E-state index in [1.165, 1.54) is 24.3 Å². The zero-order valence-electron chi connectivity index (χ0n) is 21.2. The first-order valence-corrected chi connectivity index (χ1v) is 12.0. The third kappa shape index (κ3) is 12.6. The molecular formula is C23H36N8O8. The maximum Gasteiger partial charge on any atom is 0.326 e. The molecule has 16 nitrogen and oxygen atoms in total. The average molecular weight is 553 g/mol. The summed E-state index contributed by atoms with van der Waals surface area (Å²) in [4.78, 5) is 64.8. The van der Waals surface area contributed by atoms with Gasteiger partial charge in [0.15, 0.2) is 5.96 Å². The lowest BCUT2D eigenvalue weighted by atomic mass is 10.0. The number of amides is 4. The first-order valence-electron chi connectivity index (χ1n) is 12.0. The van der Waals surface area contributed by atoms with E-state index in [2.05, 4.69) is 20.9 Å². The zero-order chi connectivity index (χ0) is 29.5. The molecule has 0 aliphatic heterocycles. The number of guanidine groups is 1. The van der Waals surface area contributed by atoms with E-state index < -0.39 is 60.4 Å².